The van der Waals surface area contributed by atoms with Crippen LogP contribution < -0.4 is 11.1 Å². The second kappa shape index (κ2) is 6.23. The fourth-order valence-electron chi connectivity index (χ4n) is 4.67. The molecule has 3 saturated carbocycles. The fraction of sp³-hybridized carbons (Fsp3) is 0.938. The van der Waals surface area contributed by atoms with E-state index in [4.69, 9.17) is 5.73 Å². The zero-order valence-corrected chi connectivity index (χ0v) is 13.4. The molecule has 0 spiro atoms. The highest BCUT2D eigenvalue weighted by Gasteiger charge is 2.46. The molecule has 3 nitrogen and oxygen atoms in total. The Labute approximate surface area is 128 Å². The Morgan fingerprint density at radius 3 is 2.25 bits per heavy atom. The summed E-state index contributed by atoms with van der Waals surface area (Å²) >= 11 is 0. The predicted molar refractivity (Wildman–Crippen MR) is 83.8 cm³/mol. The van der Waals surface area contributed by atoms with E-state index in [9.17, 15) is 4.79 Å². The maximum absolute atomic E-state index is 12.6. The second-order valence-electron chi connectivity index (χ2n) is 7.17. The van der Waals surface area contributed by atoms with Gasteiger partial charge in [-0.25, -0.2) is 0 Å². The fourth-order valence-corrected chi connectivity index (χ4v) is 4.67. The molecule has 0 saturated heterocycles. The van der Waals surface area contributed by atoms with Gasteiger partial charge in [0.2, 0.25) is 5.91 Å². The molecule has 3 aliphatic carbocycles. The molecule has 2 unspecified atom stereocenters. The lowest BCUT2D eigenvalue weighted by Gasteiger charge is -2.48. The summed E-state index contributed by atoms with van der Waals surface area (Å²) in [6.07, 6.45) is 10.5. The molecule has 0 radical (unpaired) electrons. The Morgan fingerprint density at radius 1 is 1.20 bits per heavy atom. The lowest BCUT2D eigenvalue weighted by molar-refractivity contribution is -0.138. The minimum Gasteiger partial charge on any atom is -0.352 e. The number of hydrogen-bond donors (Lipinski definition) is 2. The number of hydrogen-bond acceptors (Lipinski definition) is 2. The summed E-state index contributed by atoms with van der Waals surface area (Å²) in [6.45, 7) is 2.16. The van der Waals surface area contributed by atoms with Crippen LogP contribution in [-0.4, -0.2) is 18.0 Å². The molecule has 3 N–H and O–H groups in total. The molecule has 0 aromatic rings. The van der Waals surface area contributed by atoms with Crippen LogP contribution in [0.4, 0.5) is 0 Å². The van der Waals surface area contributed by atoms with Crippen molar-refractivity contribution in [3.63, 3.8) is 0 Å². The van der Waals surface area contributed by atoms with Crippen LogP contribution in [-0.2, 0) is 4.79 Å². The van der Waals surface area contributed by atoms with Gasteiger partial charge in [-0.05, 0) is 56.8 Å². The normalized spacial score (nSPS) is 38.3. The highest BCUT2D eigenvalue weighted by Crippen LogP contribution is 2.45. The summed E-state index contributed by atoms with van der Waals surface area (Å²) in [6, 6.07) is 0.789. The van der Waals surface area contributed by atoms with Gasteiger partial charge in [0.25, 0.3) is 0 Å². The van der Waals surface area contributed by atoms with Crippen molar-refractivity contribution in [1.29, 1.82) is 0 Å². The topological polar surface area (TPSA) is 55.1 Å². The first-order chi connectivity index (χ1) is 9.14. The average molecular weight is 301 g/mol. The lowest BCUT2D eigenvalue weighted by atomic mass is 9.64. The Balaban J connectivity index is 0.00000147. The summed E-state index contributed by atoms with van der Waals surface area (Å²) in [5.74, 6) is 1.62. The Kier molecular flexibility index (Phi) is 5.01. The third-order valence-corrected chi connectivity index (χ3v) is 6.14. The monoisotopic (exact) mass is 300 g/mol. The summed E-state index contributed by atoms with van der Waals surface area (Å²) in [5.41, 5.74) is 6.13. The van der Waals surface area contributed by atoms with Crippen LogP contribution >= 0.6 is 12.4 Å². The maximum Gasteiger partial charge on any atom is 0.226 e. The molecule has 0 aromatic heterocycles. The van der Waals surface area contributed by atoms with E-state index in [0.29, 0.717) is 29.8 Å². The van der Waals surface area contributed by atoms with Crippen molar-refractivity contribution in [2.45, 2.75) is 76.8 Å². The van der Waals surface area contributed by atoms with Gasteiger partial charge in [0.15, 0.2) is 0 Å². The molecular weight excluding hydrogens is 272 g/mol. The van der Waals surface area contributed by atoms with Crippen LogP contribution in [0.1, 0.15) is 64.7 Å². The molecule has 4 heteroatoms. The highest BCUT2D eigenvalue weighted by atomic mass is 35.5. The van der Waals surface area contributed by atoms with Gasteiger partial charge >= 0.3 is 0 Å². The van der Waals surface area contributed by atoms with Crippen LogP contribution in [0.3, 0.4) is 0 Å². The SMILES string of the molecule is CCC1(C(=O)NC2C3CCCC2CC(N)C3)CCC1.Cl. The van der Waals surface area contributed by atoms with E-state index in [-0.39, 0.29) is 17.8 Å². The number of carbonyl (C=O) groups is 1. The van der Waals surface area contributed by atoms with E-state index >= 15 is 0 Å². The van der Waals surface area contributed by atoms with Crippen LogP contribution in [0.15, 0.2) is 0 Å². The number of amides is 1. The van der Waals surface area contributed by atoms with Gasteiger partial charge in [-0.3, -0.25) is 4.79 Å². The van der Waals surface area contributed by atoms with Crippen LogP contribution in [0.5, 0.6) is 0 Å². The van der Waals surface area contributed by atoms with Crippen LogP contribution in [0.2, 0.25) is 0 Å². The van der Waals surface area contributed by atoms with E-state index < -0.39 is 0 Å². The number of nitrogens with one attached hydrogen (secondary N) is 1. The smallest absolute Gasteiger partial charge is 0.226 e. The van der Waals surface area contributed by atoms with Crippen molar-refractivity contribution < 1.29 is 4.79 Å². The van der Waals surface area contributed by atoms with Crippen LogP contribution in [0, 0.1) is 17.3 Å². The molecule has 2 atom stereocenters. The van der Waals surface area contributed by atoms with Crippen molar-refractivity contribution >= 4 is 18.3 Å². The minimum atomic E-state index is -0.0200. The molecule has 0 aromatic carbocycles. The van der Waals surface area contributed by atoms with Crippen molar-refractivity contribution in [1.82, 2.24) is 5.32 Å². The van der Waals surface area contributed by atoms with Gasteiger partial charge in [-0.1, -0.05) is 19.8 Å². The summed E-state index contributed by atoms with van der Waals surface area (Å²) in [4.78, 5) is 12.6. The van der Waals surface area contributed by atoms with E-state index in [1.54, 1.807) is 0 Å². The zero-order valence-electron chi connectivity index (χ0n) is 12.6. The summed E-state index contributed by atoms with van der Waals surface area (Å²) in [7, 11) is 0. The second-order valence-corrected chi connectivity index (χ2v) is 7.17. The Hall–Kier alpha value is -0.280. The molecule has 116 valence electrons. The van der Waals surface area contributed by atoms with Crippen molar-refractivity contribution in [3.8, 4) is 0 Å². The molecule has 2 bridgehead atoms. The first-order valence-electron chi connectivity index (χ1n) is 8.21. The first-order valence-corrected chi connectivity index (χ1v) is 8.21. The number of carbonyl (C=O) groups excluding carboxylic acids is 1. The molecular formula is C16H29ClN2O. The van der Waals surface area contributed by atoms with Gasteiger partial charge in [0.1, 0.15) is 0 Å². The van der Waals surface area contributed by atoms with E-state index in [2.05, 4.69) is 12.2 Å². The number of fused-ring (bicyclic) bond motifs is 2. The maximum atomic E-state index is 12.6. The van der Waals surface area contributed by atoms with Gasteiger partial charge in [-0.2, -0.15) is 0 Å². The molecule has 20 heavy (non-hydrogen) atoms. The molecule has 3 fully saturated rings. The lowest BCUT2D eigenvalue weighted by Crippen LogP contribution is -2.57. The summed E-state index contributed by atoms with van der Waals surface area (Å²) < 4.78 is 0. The standard InChI is InChI=1S/C16H28N2O.ClH/c1-2-16(7-4-8-16)15(19)18-14-11-5-3-6-12(14)10-13(17)9-11;/h11-14H,2-10,17H2,1H3,(H,18,19);1H. The quantitative estimate of drug-likeness (QED) is 0.842. The number of halogens is 1. The molecule has 3 rings (SSSR count). The Bertz CT molecular complexity index is 337. The van der Waals surface area contributed by atoms with E-state index in [0.717, 1.165) is 32.1 Å². The van der Waals surface area contributed by atoms with Crippen molar-refractivity contribution in [2.24, 2.45) is 23.0 Å². The van der Waals surface area contributed by atoms with Gasteiger partial charge in [0.05, 0.1) is 0 Å². The molecule has 3 aliphatic rings. The van der Waals surface area contributed by atoms with E-state index in [1.807, 2.05) is 0 Å². The van der Waals surface area contributed by atoms with Gasteiger partial charge < -0.3 is 11.1 Å². The highest BCUT2D eigenvalue weighted by molar-refractivity contribution is 5.85. The van der Waals surface area contributed by atoms with Crippen molar-refractivity contribution in [2.75, 3.05) is 0 Å². The molecule has 1 amide bonds. The third-order valence-electron chi connectivity index (χ3n) is 6.14. The Morgan fingerprint density at radius 2 is 1.80 bits per heavy atom. The number of nitrogens with two attached hydrogens (primary N) is 1. The minimum absolute atomic E-state index is 0. The van der Waals surface area contributed by atoms with Crippen LogP contribution in [0.25, 0.3) is 0 Å². The van der Waals surface area contributed by atoms with Gasteiger partial charge in [0, 0.05) is 17.5 Å². The summed E-state index contributed by atoms with van der Waals surface area (Å²) in [5, 5.41) is 3.44. The number of rotatable bonds is 3. The largest absolute Gasteiger partial charge is 0.352 e. The predicted octanol–water partition coefficient (Wildman–Crippen LogP) is 3.01. The zero-order chi connectivity index (χ0) is 13.5. The molecule has 0 heterocycles. The third kappa shape index (κ3) is 2.71. The van der Waals surface area contributed by atoms with Crippen molar-refractivity contribution in [3.05, 3.63) is 0 Å². The van der Waals surface area contributed by atoms with E-state index in [1.165, 1.54) is 25.7 Å². The average Bonchev–Trinajstić information content (AvgIpc) is 2.29. The van der Waals surface area contributed by atoms with Gasteiger partial charge in [-0.15, -0.1) is 12.4 Å². The first kappa shape index (κ1) is 16.1. The molecule has 0 aliphatic heterocycles.